The molecule has 2 atom stereocenters. The predicted octanol–water partition coefficient (Wildman–Crippen LogP) is 4.56. The maximum atomic E-state index is 5.67. The van der Waals surface area contributed by atoms with E-state index in [1.165, 1.54) is 24.8 Å². The zero-order chi connectivity index (χ0) is 14.4. The average molecular weight is 275 g/mol. The third-order valence-electron chi connectivity index (χ3n) is 4.22. The van der Waals surface area contributed by atoms with Crippen molar-refractivity contribution in [2.45, 2.75) is 52.5 Å². The van der Waals surface area contributed by atoms with Crippen molar-refractivity contribution in [3.63, 3.8) is 0 Å². The van der Waals surface area contributed by atoms with Crippen molar-refractivity contribution in [2.24, 2.45) is 11.8 Å². The van der Waals surface area contributed by atoms with E-state index in [1.54, 1.807) is 0 Å². The Kier molecular flexibility index (Phi) is 5.90. The highest BCUT2D eigenvalue weighted by atomic mass is 16.5. The smallest absolute Gasteiger partial charge is 0.119 e. The molecule has 0 spiro atoms. The van der Waals surface area contributed by atoms with E-state index in [9.17, 15) is 0 Å². The molecule has 20 heavy (non-hydrogen) atoms. The molecular weight excluding hydrogens is 246 g/mol. The zero-order valence-corrected chi connectivity index (χ0v) is 13.2. The van der Waals surface area contributed by atoms with Crippen LogP contribution in [0.4, 0.5) is 0 Å². The van der Waals surface area contributed by atoms with Gasteiger partial charge in [0.1, 0.15) is 5.75 Å². The van der Waals surface area contributed by atoms with Crippen LogP contribution in [0.15, 0.2) is 24.3 Å². The second-order valence-electron chi connectivity index (χ2n) is 6.05. The minimum Gasteiger partial charge on any atom is -0.494 e. The molecule has 0 saturated heterocycles. The van der Waals surface area contributed by atoms with Gasteiger partial charge < -0.3 is 10.1 Å². The zero-order valence-electron chi connectivity index (χ0n) is 13.2. The molecule has 1 aromatic carbocycles. The van der Waals surface area contributed by atoms with E-state index in [-0.39, 0.29) is 0 Å². The van der Waals surface area contributed by atoms with Crippen molar-refractivity contribution in [3.8, 4) is 5.75 Å². The summed E-state index contributed by atoms with van der Waals surface area (Å²) in [7, 11) is 0. The number of rotatable bonds is 9. The lowest BCUT2D eigenvalue weighted by molar-refractivity contribution is 0.316. The van der Waals surface area contributed by atoms with E-state index in [0.29, 0.717) is 6.04 Å². The number of hydrogen-bond acceptors (Lipinski definition) is 2. The first-order valence-corrected chi connectivity index (χ1v) is 8.22. The average Bonchev–Trinajstić information content (AvgIpc) is 3.31. The quantitative estimate of drug-likeness (QED) is 0.713. The summed E-state index contributed by atoms with van der Waals surface area (Å²) in [5.41, 5.74) is 1.40. The fourth-order valence-electron chi connectivity index (χ4n) is 2.79. The largest absolute Gasteiger partial charge is 0.494 e. The topological polar surface area (TPSA) is 21.3 Å². The molecule has 2 unspecified atom stereocenters. The molecule has 1 N–H and O–H groups in total. The molecule has 112 valence electrons. The molecule has 0 heterocycles. The van der Waals surface area contributed by atoms with Crippen molar-refractivity contribution < 1.29 is 4.74 Å². The van der Waals surface area contributed by atoms with Gasteiger partial charge in [0.15, 0.2) is 0 Å². The van der Waals surface area contributed by atoms with Gasteiger partial charge in [0, 0.05) is 6.04 Å². The summed E-state index contributed by atoms with van der Waals surface area (Å²) in [5, 5.41) is 3.73. The van der Waals surface area contributed by atoms with E-state index in [1.807, 2.05) is 0 Å². The summed E-state index contributed by atoms with van der Waals surface area (Å²) in [5.74, 6) is 2.63. The van der Waals surface area contributed by atoms with Crippen LogP contribution in [0, 0.1) is 11.8 Å². The summed E-state index contributed by atoms with van der Waals surface area (Å²) in [4.78, 5) is 0. The number of nitrogens with one attached hydrogen (secondary N) is 1. The van der Waals surface area contributed by atoms with E-state index in [2.05, 4.69) is 50.4 Å². The fraction of sp³-hybridized carbons (Fsp3) is 0.667. The Labute approximate surface area is 123 Å². The van der Waals surface area contributed by atoms with Gasteiger partial charge in [-0.2, -0.15) is 0 Å². The lowest BCUT2D eigenvalue weighted by atomic mass is 9.90. The van der Waals surface area contributed by atoms with E-state index in [0.717, 1.165) is 37.2 Å². The van der Waals surface area contributed by atoms with Crippen molar-refractivity contribution >= 4 is 0 Å². The fourth-order valence-corrected chi connectivity index (χ4v) is 2.79. The van der Waals surface area contributed by atoms with Crippen molar-refractivity contribution in [3.05, 3.63) is 29.8 Å². The minimum atomic E-state index is 0.489. The molecule has 2 nitrogen and oxygen atoms in total. The van der Waals surface area contributed by atoms with Crippen LogP contribution in [-0.4, -0.2) is 13.2 Å². The van der Waals surface area contributed by atoms with Crippen LogP contribution < -0.4 is 10.1 Å². The lowest BCUT2D eigenvalue weighted by Gasteiger charge is -2.26. The third-order valence-corrected chi connectivity index (χ3v) is 4.22. The van der Waals surface area contributed by atoms with Gasteiger partial charge in [0.2, 0.25) is 0 Å². The first kappa shape index (κ1) is 15.4. The number of hydrogen-bond donors (Lipinski definition) is 1. The van der Waals surface area contributed by atoms with Crippen LogP contribution in [-0.2, 0) is 0 Å². The van der Waals surface area contributed by atoms with Gasteiger partial charge in [-0.05, 0) is 61.8 Å². The molecule has 0 aromatic heterocycles. The molecule has 0 aliphatic heterocycles. The van der Waals surface area contributed by atoms with Crippen LogP contribution in [0.5, 0.6) is 5.75 Å². The second kappa shape index (κ2) is 7.68. The Morgan fingerprint density at radius 3 is 2.40 bits per heavy atom. The van der Waals surface area contributed by atoms with Gasteiger partial charge in [0.25, 0.3) is 0 Å². The van der Waals surface area contributed by atoms with E-state index >= 15 is 0 Å². The summed E-state index contributed by atoms with van der Waals surface area (Å²) in [6, 6.07) is 9.19. The molecule has 1 aliphatic rings. The highest BCUT2D eigenvalue weighted by Gasteiger charge is 2.33. The van der Waals surface area contributed by atoms with Gasteiger partial charge in [-0.3, -0.25) is 0 Å². The van der Waals surface area contributed by atoms with Gasteiger partial charge in [-0.1, -0.05) is 32.9 Å². The van der Waals surface area contributed by atoms with Crippen LogP contribution >= 0.6 is 0 Å². The Morgan fingerprint density at radius 1 is 1.15 bits per heavy atom. The summed E-state index contributed by atoms with van der Waals surface area (Å²) in [6.45, 7) is 8.65. The predicted molar refractivity (Wildman–Crippen MR) is 85.2 cm³/mol. The maximum absolute atomic E-state index is 5.67. The SMILES string of the molecule is CCCNC(c1ccc(OCCC)cc1)C(C)C1CC1. The van der Waals surface area contributed by atoms with Crippen molar-refractivity contribution in [1.29, 1.82) is 0 Å². The Morgan fingerprint density at radius 2 is 1.85 bits per heavy atom. The molecule has 1 aliphatic carbocycles. The van der Waals surface area contributed by atoms with Crippen LogP contribution in [0.1, 0.15) is 58.1 Å². The van der Waals surface area contributed by atoms with E-state index < -0.39 is 0 Å². The highest BCUT2D eigenvalue weighted by molar-refractivity contribution is 5.29. The van der Waals surface area contributed by atoms with E-state index in [4.69, 9.17) is 4.74 Å². The first-order chi connectivity index (χ1) is 9.76. The maximum Gasteiger partial charge on any atom is 0.119 e. The Balaban J connectivity index is 2.02. The molecule has 1 fully saturated rings. The standard InChI is InChI=1S/C18H29NO/c1-4-12-19-18(14(3)15-6-7-15)16-8-10-17(11-9-16)20-13-5-2/h8-11,14-15,18-19H,4-7,12-13H2,1-3H3. The first-order valence-electron chi connectivity index (χ1n) is 8.22. The highest BCUT2D eigenvalue weighted by Crippen LogP contribution is 2.42. The lowest BCUT2D eigenvalue weighted by Crippen LogP contribution is -2.28. The van der Waals surface area contributed by atoms with Gasteiger partial charge in [-0.25, -0.2) is 0 Å². The van der Waals surface area contributed by atoms with Crippen LogP contribution in [0.25, 0.3) is 0 Å². The molecule has 0 bridgehead atoms. The second-order valence-corrected chi connectivity index (χ2v) is 6.05. The molecule has 2 rings (SSSR count). The monoisotopic (exact) mass is 275 g/mol. The van der Waals surface area contributed by atoms with Crippen molar-refractivity contribution in [1.82, 2.24) is 5.32 Å². The third kappa shape index (κ3) is 4.24. The molecule has 1 aromatic rings. The molecule has 1 saturated carbocycles. The summed E-state index contributed by atoms with van der Waals surface area (Å²) < 4.78 is 5.67. The van der Waals surface area contributed by atoms with Gasteiger partial charge in [0.05, 0.1) is 6.61 Å². The van der Waals surface area contributed by atoms with Gasteiger partial charge in [-0.15, -0.1) is 0 Å². The number of benzene rings is 1. The summed E-state index contributed by atoms with van der Waals surface area (Å²) >= 11 is 0. The van der Waals surface area contributed by atoms with Gasteiger partial charge >= 0.3 is 0 Å². The van der Waals surface area contributed by atoms with Crippen molar-refractivity contribution in [2.75, 3.05) is 13.2 Å². The van der Waals surface area contributed by atoms with Crippen LogP contribution in [0.2, 0.25) is 0 Å². The normalized spacial score (nSPS) is 17.8. The Bertz CT molecular complexity index is 383. The molecular formula is C18H29NO. The molecule has 0 radical (unpaired) electrons. The number of ether oxygens (including phenoxy) is 1. The molecule has 2 heteroatoms. The van der Waals surface area contributed by atoms with Crippen LogP contribution in [0.3, 0.4) is 0 Å². The Hall–Kier alpha value is -1.02. The minimum absolute atomic E-state index is 0.489. The molecule has 0 amide bonds. The summed E-state index contributed by atoms with van der Waals surface area (Å²) in [6.07, 6.45) is 5.05.